The maximum absolute atomic E-state index is 14.2. The molecular weight excluding hydrogens is 530 g/mol. The summed E-state index contributed by atoms with van der Waals surface area (Å²) in [6.07, 6.45) is 3.35. The van der Waals surface area contributed by atoms with E-state index < -0.39 is 0 Å². The maximum Gasteiger partial charge on any atom is 0.214 e. The lowest BCUT2D eigenvalue weighted by atomic mass is 10.1. The predicted octanol–water partition coefficient (Wildman–Crippen LogP) is 5.50. The highest BCUT2D eigenvalue weighted by Crippen LogP contribution is 2.33. The first-order valence-electron chi connectivity index (χ1n) is 13.4. The maximum atomic E-state index is 14.2. The molecule has 0 aliphatic heterocycles. The van der Waals surface area contributed by atoms with Gasteiger partial charge in [0, 0.05) is 36.8 Å². The Morgan fingerprint density at radius 1 is 1.07 bits per heavy atom. The molecule has 0 saturated carbocycles. The number of phenolic OH excluding ortho intramolecular Hbond substituents is 1. The van der Waals surface area contributed by atoms with E-state index in [4.69, 9.17) is 10.5 Å². The number of hydrogen-bond donors (Lipinski definition) is 3. The molecule has 10 heteroatoms. The van der Waals surface area contributed by atoms with Crippen molar-refractivity contribution >= 4 is 34.0 Å². The molecule has 0 radical (unpaired) electrons. The minimum absolute atomic E-state index is 0.130. The summed E-state index contributed by atoms with van der Waals surface area (Å²) in [6.45, 7) is 4.13. The first-order valence-corrected chi connectivity index (χ1v) is 13.4. The van der Waals surface area contributed by atoms with Crippen LogP contribution in [0.15, 0.2) is 79.1 Å². The molecule has 0 amide bonds. The van der Waals surface area contributed by atoms with E-state index in [-0.39, 0.29) is 22.9 Å². The zero-order valence-electron chi connectivity index (χ0n) is 23.8. The monoisotopic (exact) mass is 561 g/mol. The van der Waals surface area contributed by atoms with Gasteiger partial charge in [-0.15, -0.1) is 0 Å². The Bertz CT molecular complexity index is 1950. The molecule has 0 fully saturated rings. The molecule has 3 aromatic carbocycles. The number of nitrogens with zero attached hydrogens (tertiary/aromatic N) is 5. The Hall–Kier alpha value is -5.51. The van der Waals surface area contributed by atoms with Gasteiger partial charge in [-0.25, -0.2) is 4.68 Å². The smallest absolute Gasteiger partial charge is 0.214 e. The molecule has 0 bridgehead atoms. The number of carbonyl (C=O) groups excluding carboxylic acids is 1. The molecule has 0 spiro atoms. The number of hydrogen-bond acceptors (Lipinski definition) is 7. The molecule has 0 saturated heterocycles. The van der Waals surface area contributed by atoms with Gasteiger partial charge in [-0.05, 0) is 55.3 Å². The highest BCUT2D eigenvalue weighted by molar-refractivity contribution is 6.14. The highest BCUT2D eigenvalue weighted by atomic mass is 16.5. The van der Waals surface area contributed by atoms with Crippen molar-refractivity contribution in [2.24, 2.45) is 7.05 Å². The first-order chi connectivity index (χ1) is 20.2. The molecule has 6 aromatic rings. The summed E-state index contributed by atoms with van der Waals surface area (Å²) < 4.78 is 10.6. The fraction of sp³-hybridized carbons (Fsp3) is 0.156. The second-order valence-electron chi connectivity index (χ2n) is 10.3. The van der Waals surface area contributed by atoms with E-state index in [9.17, 15) is 9.90 Å². The van der Waals surface area contributed by atoms with Crippen LogP contribution in [0.1, 0.15) is 32.7 Å². The van der Waals surface area contributed by atoms with Crippen molar-refractivity contribution in [3.63, 3.8) is 0 Å². The minimum Gasteiger partial charge on any atom is -0.508 e. The molecule has 212 valence electrons. The van der Waals surface area contributed by atoms with Crippen LogP contribution >= 0.6 is 0 Å². The molecule has 3 heterocycles. The second-order valence-corrected chi connectivity index (χ2v) is 10.3. The predicted molar refractivity (Wildman–Crippen MR) is 163 cm³/mol. The standard InChI is InChI=1S/C32H31N7O3/c1-19-8-13-27(40)20(2)29(19)39-32(33)24(17-34-39)31(41)26-16-22-6-5-7-25(35-28-14-15-37(3)36-28)30(22)38(26)18-21-9-11-23(42-4)12-10-21/h5-17,40H,18,33H2,1-4H3,(H,35,36). The van der Waals surface area contributed by atoms with Gasteiger partial charge in [0.25, 0.3) is 0 Å². The third-order valence-corrected chi connectivity index (χ3v) is 7.50. The highest BCUT2D eigenvalue weighted by Gasteiger charge is 2.25. The molecule has 3 aromatic heterocycles. The first kappa shape index (κ1) is 26.7. The lowest BCUT2D eigenvalue weighted by molar-refractivity contribution is 0.103. The van der Waals surface area contributed by atoms with Crippen molar-refractivity contribution in [2.45, 2.75) is 20.4 Å². The van der Waals surface area contributed by atoms with Gasteiger partial charge in [-0.1, -0.05) is 30.3 Å². The molecule has 0 atom stereocenters. The summed E-state index contributed by atoms with van der Waals surface area (Å²) in [4.78, 5) is 14.2. The van der Waals surface area contributed by atoms with E-state index in [0.717, 1.165) is 33.5 Å². The van der Waals surface area contributed by atoms with E-state index in [2.05, 4.69) is 15.5 Å². The van der Waals surface area contributed by atoms with Crippen LogP contribution < -0.4 is 15.8 Å². The number of aryl methyl sites for hydroxylation is 2. The summed E-state index contributed by atoms with van der Waals surface area (Å²) in [5, 5.41) is 23.6. The number of anilines is 3. The van der Waals surface area contributed by atoms with Crippen LogP contribution in [0.2, 0.25) is 0 Å². The van der Waals surface area contributed by atoms with Gasteiger partial charge in [0.05, 0.1) is 41.5 Å². The number of nitrogen functional groups attached to an aromatic ring is 1. The number of fused-ring (bicyclic) bond motifs is 1. The molecule has 42 heavy (non-hydrogen) atoms. The molecule has 0 aliphatic rings. The Labute approximate surface area is 242 Å². The number of rotatable bonds is 8. The molecule has 6 rings (SSSR count). The van der Waals surface area contributed by atoms with Crippen LogP contribution in [-0.4, -0.2) is 42.1 Å². The van der Waals surface area contributed by atoms with Crippen LogP contribution in [0.3, 0.4) is 0 Å². The summed E-state index contributed by atoms with van der Waals surface area (Å²) >= 11 is 0. The lowest BCUT2D eigenvalue weighted by Crippen LogP contribution is -2.14. The third kappa shape index (κ3) is 4.62. The number of ketones is 1. The van der Waals surface area contributed by atoms with Gasteiger partial charge in [0.15, 0.2) is 5.82 Å². The van der Waals surface area contributed by atoms with Crippen molar-refractivity contribution in [2.75, 3.05) is 18.2 Å². The van der Waals surface area contributed by atoms with Gasteiger partial charge >= 0.3 is 0 Å². The van der Waals surface area contributed by atoms with Gasteiger partial charge in [0.2, 0.25) is 5.78 Å². The Kier molecular flexibility index (Phi) is 6.66. The Morgan fingerprint density at radius 3 is 2.57 bits per heavy atom. The number of para-hydroxylation sites is 1. The fourth-order valence-corrected chi connectivity index (χ4v) is 5.31. The van der Waals surface area contributed by atoms with Crippen LogP contribution in [0.25, 0.3) is 16.6 Å². The average molecular weight is 562 g/mol. The van der Waals surface area contributed by atoms with E-state index >= 15 is 0 Å². The number of aromatic nitrogens is 5. The summed E-state index contributed by atoms with van der Waals surface area (Å²) in [6, 6.07) is 20.9. The molecule has 4 N–H and O–H groups in total. The van der Waals surface area contributed by atoms with Crippen molar-refractivity contribution in [3.05, 3.63) is 107 Å². The number of nitrogens with two attached hydrogens (primary N) is 1. The lowest BCUT2D eigenvalue weighted by Gasteiger charge is -2.15. The zero-order chi connectivity index (χ0) is 29.5. The van der Waals surface area contributed by atoms with Crippen LogP contribution in [0.5, 0.6) is 11.5 Å². The van der Waals surface area contributed by atoms with Crippen LogP contribution in [0, 0.1) is 13.8 Å². The molecule has 10 nitrogen and oxygen atoms in total. The topological polar surface area (TPSA) is 125 Å². The third-order valence-electron chi connectivity index (χ3n) is 7.50. The average Bonchev–Trinajstić information content (AvgIpc) is 3.68. The van der Waals surface area contributed by atoms with E-state index in [1.165, 1.54) is 10.9 Å². The number of nitrogens with one attached hydrogen (secondary N) is 1. The van der Waals surface area contributed by atoms with Gasteiger partial charge in [-0.3, -0.25) is 9.48 Å². The van der Waals surface area contributed by atoms with E-state index in [1.807, 2.05) is 79.3 Å². The van der Waals surface area contributed by atoms with Crippen molar-refractivity contribution < 1.29 is 14.6 Å². The quantitative estimate of drug-likeness (QED) is 0.210. The number of carbonyl (C=O) groups is 1. The SMILES string of the molecule is COc1ccc(Cn2c(C(=O)c3cnn(-c4c(C)ccc(O)c4C)c3N)cc3cccc(Nc4ccn(C)n4)c32)cc1. The van der Waals surface area contributed by atoms with E-state index in [0.29, 0.717) is 29.3 Å². The number of ether oxygens (including phenoxy) is 1. The van der Waals surface area contributed by atoms with Crippen molar-refractivity contribution in [1.29, 1.82) is 0 Å². The fourth-order valence-electron chi connectivity index (χ4n) is 5.31. The van der Waals surface area contributed by atoms with Gasteiger partial charge in [0.1, 0.15) is 17.3 Å². The number of benzene rings is 3. The normalized spacial score (nSPS) is 11.2. The van der Waals surface area contributed by atoms with Crippen LogP contribution in [-0.2, 0) is 13.6 Å². The largest absolute Gasteiger partial charge is 0.508 e. The molecule has 0 aliphatic carbocycles. The van der Waals surface area contributed by atoms with Gasteiger partial charge < -0.3 is 25.5 Å². The van der Waals surface area contributed by atoms with Gasteiger partial charge in [-0.2, -0.15) is 10.2 Å². The van der Waals surface area contributed by atoms with Crippen LogP contribution in [0.4, 0.5) is 17.3 Å². The number of aromatic hydroxyl groups is 1. The second kappa shape index (κ2) is 10.5. The Balaban J connectivity index is 1.49. The zero-order valence-corrected chi connectivity index (χ0v) is 23.8. The number of methoxy groups -OCH3 is 1. The summed E-state index contributed by atoms with van der Waals surface area (Å²) in [5.74, 6) is 1.51. The summed E-state index contributed by atoms with van der Waals surface area (Å²) in [7, 11) is 3.49. The minimum atomic E-state index is -0.261. The molecular formula is C32H31N7O3. The summed E-state index contributed by atoms with van der Waals surface area (Å²) in [5.41, 5.74) is 12.1. The molecule has 0 unspecified atom stereocenters. The Morgan fingerprint density at radius 2 is 1.86 bits per heavy atom. The van der Waals surface area contributed by atoms with E-state index in [1.54, 1.807) is 30.8 Å². The van der Waals surface area contributed by atoms with Crippen molar-refractivity contribution in [1.82, 2.24) is 24.1 Å². The van der Waals surface area contributed by atoms with Crippen molar-refractivity contribution in [3.8, 4) is 17.2 Å². The number of phenols is 1.